The second-order valence-electron chi connectivity index (χ2n) is 6.13. The monoisotopic (exact) mass is 223 g/mol. The van der Waals surface area contributed by atoms with Gasteiger partial charge < -0.3 is 10.1 Å². The highest BCUT2D eigenvalue weighted by Crippen LogP contribution is 2.40. The first-order valence-corrected chi connectivity index (χ1v) is 7.24. The molecule has 0 amide bonds. The summed E-state index contributed by atoms with van der Waals surface area (Å²) >= 11 is 0. The van der Waals surface area contributed by atoms with E-state index in [0.29, 0.717) is 0 Å². The highest BCUT2D eigenvalue weighted by molar-refractivity contribution is 4.93. The van der Waals surface area contributed by atoms with Gasteiger partial charge in [-0.15, -0.1) is 0 Å². The Hall–Kier alpha value is -0.0800. The predicted octanol–water partition coefficient (Wildman–Crippen LogP) is 2.87. The lowest BCUT2D eigenvalue weighted by Gasteiger charge is -2.39. The first-order chi connectivity index (χ1) is 7.86. The molecule has 2 aliphatic carbocycles. The maximum Gasteiger partial charge on any atom is 0.0697 e. The fourth-order valence-electron chi connectivity index (χ4n) is 3.60. The molecule has 2 nitrogen and oxygen atoms in total. The van der Waals surface area contributed by atoms with Gasteiger partial charge in [-0.05, 0) is 51.0 Å². The van der Waals surface area contributed by atoms with Gasteiger partial charge in [-0.2, -0.15) is 0 Å². The number of hydrogen-bond acceptors (Lipinski definition) is 2. The van der Waals surface area contributed by atoms with Gasteiger partial charge in [-0.25, -0.2) is 0 Å². The minimum absolute atomic E-state index is 0.287. The summed E-state index contributed by atoms with van der Waals surface area (Å²) in [5.41, 5.74) is 0.287. The Morgan fingerprint density at radius 3 is 2.56 bits per heavy atom. The molecule has 1 heterocycles. The van der Waals surface area contributed by atoms with Crippen LogP contribution in [0.4, 0.5) is 0 Å². The number of nitrogens with one attached hydrogen (secondary N) is 1. The summed E-state index contributed by atoms with van der Waals surface area (Å²) in [5, 5.41) is 3.79. The Morgan fingerprint density at radius 1 is 1.06 bits per heavy atom. The molecule has 0 bridgehead atoms. The highest BCUT2D eigenvalue weighted by atomic mass is 16.5. The molecular formula is C14H25NO. The van der Waals surface area contributed by atoms with E-state index in [-0.39, 0.29) is 5.60 Å². The summed E-state index contributed by atoms with van der Waals surface area (Å²) in [6.45, 7) is 2.25. The maximum absolute atomic E-state index is 6.06. The summed E-state index contributed by atoms with van der Waals surface area (Å²) in [6, 6.07) is 0.743. The molecule has 1 atom stereocenters. The van der Waals surface area contributed by atoms with Crippen LogP contribution in [0.1, 0.15) is 57.8 Å². The van der Waals surface area contributed by atoms with E-state index >= 15 is 0 Å². The largest absolute Gasteiger partial charge is 0.375 e. The molecule has 1 saturated heterocycles. The topological polar surface area (TPSA) is 21.3 Å². The average molecular weight is 223 g/mol. The molecule has 0 aromatic rings. The Kier molecular flexibility index (Phi) is 3.21. The summed E-state index contributed by atoms with van der Waals surface area (Å²) in [7, 11) is 0. The lowest BCUT2D eigenvalue weighted by Crippen LogP contribution is -2.47. The highest BCUT2D eigenvalue weighted by Gasteiger charge is 2.39. The fraction of sp³-hybridized carbons (Fsp3) is 1.00. The Balaban J connectivity index is 1.47. The summed E-state index contributed by atoms with van der Waals surface area (Å²) in [5.74, 6) is 0.988. The van der Waals surface area contributed by atoms with Crippen LogP contribution in [0.3, 0.4) is 0 Å². The molecule has 1 N–H and O–H groups in total. The summed E-state index contributed by atoms with van der Waals surface area (Å²) in [4.78, 5) is 0. The van der Waals surface area contributed by atoms with Gasteiger partial charge in [0.15, 0.2) is 0 Å². The number of hydrogen-bond donors (Lipinski definition) is 1. The molecule has 2 heteroatoms. The van der Waals surface area contributed by atoms with E-state index in [1.165, 1.54) is 64.3 Å². The smallest absolute Gasteiger partial charge is 0.0697 e. The molecule has 1 aliphatic heterocycles. The summed E-state index contributed by atoms with van der Waals surface area (Å²) < 4.78 is 6.06. The van der Waals surface area contributed by atoms with Crippen LogP contribution < -0.4 is 5.32 Å². The molecule has 0 aromatic heterocycles. The third-order valence-corrected chi connectivity index (χ3v) is 4.93. The zero-order chi connectivity index (χ0) is 10.8. The Bertz CT molecular complexity index is 231. The van der Waals surface area contributed by atoms with Crippen molar-refractivity contribution in [1.29, 1.82) is 0 Å². The normalized spacial score (nSPS) is 34.1. The van der Waals surface area contributed by atoms with E-state index in [9.17, 15) is 0 Å². The van der Waals surface area contributed by atoms with Crippen LogP contribution in [0, 0.1) is 5.92 Å². The van der Waals surface area contributed by atoms with Crippen molar-refractivity contribution < 1.29 is 4.74 Å². The zero-order valence-corrected chi connectivity index (χ0v) is 10.3. The van der Waals surface area contributed by atoms with Crippen molar-refractivity contribution in [2.45, 2.75) is 69.4 Å². The van der Waals surface area contributed by atoms with Gasteiger partial charge >= 0.3 is 0 Å². The standard InChI is InChI=1S/C14H25NO/c1-2-8-14(7-1)10-13(6-9-16-14)15-11-12-4-3-5-12/h12-13,15H,1-11H2. The van der Waals surface area contributed by atoms with Gasteiger partial charge in [0, 0.05) is 12.6 Å². The molecule has 0 aromatic carbocycles. The Labute approximate surface area is 99.1 Å². The van der Waals surface area contributed by atoms with Crippen LogP contribution in [0.5, 0.6) is 0 Å². The molecule has 16 heavy (non-hydrogen) atoms. The van der Waals surface area contributed by atoms with E-state index in [4.69, 9.17) is 4.74 Å². The van der Waals surface area contributed by atoms with Crippen LogP contribution in [-0.4, -0.2) is 24.8 Å². The van der Waals surface area contributed by atoms with Crippen molar-refractivity contribution in [3.8, 4) is 0 Å². The SMILES string of the molecule is C1CC(CNC2CCOC3(CCCC3)C2)C1. The van der Waals surface area contributed by atoms with Crippen LogP contribution in [0.2, 0.25) is 0 Å². The molecule has 2 saturated carbocycles. The molecule has 1 spiro atoms. The molecule has 0 radical (unpaired) electrons. The van der Waals surface area contributed by atoms with Crippen LogP contribution in [0.25, 0.3) is 0 Å². The third kappa shape index (κ3) is 2.28. The van der Waals surface area contributed by atoms with Crippen molar-refractivity contribution in [1.82, 2.24) is 5.32 Å². The lowest BCUT2D eigenvalue weighted by molar-refractivity contribution is -0.0841. The minimum Gasteiger partial charge on any atom is -0.375 e. The van der Waals surface area contributed by atoms with E-state index in [1.807, 2.05) is 0 Å². The zero-order valence-electron chi connectivity index (χ0n) is 10.3. The first kappa shape index (κ1) is 11.0. The lowest BCUT2D eigenvalue weighted by atomic mass is 9.84. The molecule has 1 unspecified atom stereocenters. The quantitative estimate of drug-likeness (QED) is 0.794. The van der Waals surface area contributed by atoms with E-state index in [2.05, 4.69) is 5.32 Å². The van der Waals surface area contributed by atoms with Crippen molar-refractivity contribution in [2.24, 2.45) is 5.92 Å². The fourth-order valence-corrected chi connectivity index (χ4v) is 3.60. The molecular weight excluding hydrogens is 198 g/mol. The van der Waals surface area contributed by atoms with E-state index < -0.39 is 0 Å². The molecule has 3 aliphatic rings. The molecule has 3 fully saturated rings. The van der Waals surface area contributed by atoms with Gasteiger partial charge in [0.2, 0.25) is 0 Å². The van der Waals surface area contributed by atoms with Crippen molar-refractivity contribution in [3.05, 3.63) is 0 Å². The van der Waals surface area contributed by atoms with Gasteiger partial charge in [0.1, 0.15) is 0 Å². The molecule has 92 valence electrons. The minimum atomic E-state index is 0.287. The number of rotatable bonds is 3. The van der Waals surface area contributed by atoms with Crippen molar-refractivity contribution >= 4 is 0 Å². The van der Waals surface area contributed by atoms with E-state index in [0.717, 1.165) is 18.6 Å². The average Bonchev–Trinajstić information content (AvgIpc) is 2.64. The number of ether oxygens (including phenoxy) is 1. The van der Waals surface area contributed by atoms with Crippen LogP contribution >= 0.6 is 0 Å². The van der Waals surface area contributed by atoms with Gasteiger partial charge in [0.25, 0.3) is 0 Å². The molecule has 3 rings (SSSR count). The second kappa shape index (κ2) is 4.66. The van der Waals surface area contributed by atoms with E-state index in [1.54, 1.807) is 0 Å². The second-order valence-corrected chi connectivity index (χ2v) is 6.13. The van der Waals surface area contributed by atoms with Gasteiger partial charge in [-0.1, -0.05) is 19.3 Å². The third-order valence-electron chi connectivity index (χ3n) is 4.93. The van der Waals surface area contributed by atoms with Crippen molar-refractivity contribution in [3.63, 3.8) is 0 Å². The predicted molar refractivity (Wildman–Crippen MR) is 65.5 cm³/mol. The van der Waals surface area contributed by atoms with Crippen LogP contribution in [0.15, 0.2) is 0 Å². The maximum atomic E-state index is 6.06. The Morgan fingerprint density at radius 2 is 1.88 bits per heavy atom. The van der Waals surface area contributed by atoms with Crippen molar-refractivity contribution in [2.75, 3.05) is 13.2 Å². The first-order valence-electron chi connectivity index (χ1n) is 7.24. The summed E-state index contributed by atoms with van der Waals surface area (Å²) in [6.07, 6.45) is 12.3. The van der Waals surface area contributed by atoms with Crippen LogP contribution in [-0.2, 0) is 4.74 Å². The van der Waals surface area contributed by atoms with Gasteiger partial charge in [0.05, 0.1) is 5.60 Å². The van der Waals surface area contributed by atoms with Gasteiger partial charge in [-0.3, -0.25) is 0 Å².